The van der Waals surface area contributed by atoms with Crippen LogP contribution >= 0.6 is 0 Å². The van der Waals surface area contributed by atoms with E-state index in [9.17, 15) is 4.79 Å². The van der Waals surface area contributed by atoms with Gasteiger partial charge in [0.25, 0.3) is 0 Å². The van der Waals surface area contributed by atoms with E-state index >= 15 is 0 Å². The molecule has 1 aromatic rings. The van der Waals surface area contributed by atoms with Gasteiger partial charge >= 0.3 is 0 Å². The standard InChI is InChI=1S/C26H42O2Si/c1-8-12-24-23(20(2)19-25(24)27)18-17-22(28-29(6,7)26(3,4)5)16-15-21-13-10-9-11-14-21/h8-11,13-14,20,22-24H,1,12,15-19H2,2-7H3/t20-,22+,23+,24-/m1/s1. The minimum Gasteiger partial charge on any atom is -0.414 e. The Balaban J connectivity index is 2.07. The van der Waals surface area contributed by atoms with E-state index in [1.807, 2.05) is 6.08 Å². The van der Waals surface area contributed by atoms with Crippen molar-refractivity contribution in [2.45, 2.75) is 90.5 Å². The third kappa shape index (κ3) is 6.65. The molecular formula is C26H42O2Si. The summed E-state index contributed by atoms with van der Waals surface area (Å²) in [4.78, 5) is 12.4. The van der Waals surface area contributed by atoms with Crippen LogP contribution in [0.15, 0.2) is 43.0 Å². The van der Waals surface area contributed by atoms with Gasteiger partial charge in [0.05, 0.1) is 0 Å². The Hall–Kier alpha value is -1.19. The van der Waals surface area contributed by atoms with Crippen LogP contribution in [0.2, 0.25) is 18.1 Å². The van der Waals surface area contributed by atoms with Gasteiger partial charge in [-0.15, -0.1) is 6.58 Å². The lowest BCUT2D eigenvalue weighted by Crippen LogP contribution is -2.44. The number of aryl methyl sites for hydroxylation is 1. The maximum Gasteiger partial charge on any atom is 0.192 e. The molecule has 29 heavy (non-hydrogen) atoms. The summed E-state index contributed by atoms with van der Waals surface area (Å²) in [6.45, 7) is 17.8. The SMILES string of the molecule is C=CC[C@H]1C(=O)C[C@@H](C)[C@@H]1CC[C@H](CCc1ccccc1)O[Si](C)(C)C(C)(C)C. The second-order valence-electron chi connectivity index (χ2n) is 10.5. The zero-order valence-corrected chi connectivity index (χ0v) is 20.5. The average molecular weight is 415 g/mol. The van der Waals surface area contributed by atoms with Crippen molar-refractivity contribution in [2.24, 2.45) is 17.8 Å². The van der Waals surface area contributed by atoms with Crippen molar-refractivity contribution >= 4 is 14.1 Å². The van der Waals surface area contributed by atoms with Gasteiger partial charge in [-0.25, -0.2) is 0 Å². The van der Waals surface area contributed by atoms with E-state index in [0.717, 1.165) is 38.5 Å². The molecule has 0 radical (unpaired) electrons. The third-order valence-corrected chi connectivity index (χ3v) is 11.8. The van der Waals surface area contributed by atoms with Crippen LogP contribution in [0.1, 0.15) is 65.4 Å². The van der Waals surface area contributed by atoms with Crippen molar-refractivity contribution in [2.75, 3.05) is 0 Å². The molecule has 0 aromatic heterocycles. The molecule has 0 aliphatic heterocycles. The number of carbonyl (C=O) groups is 1. The van der Waals surface area contributed by atoms with Crippen LogP contribution in [0.5, 0.6) is 0 Å². The van der Waals surface area contributed by atoms with Crippen molar-refractivity contribution in [3.63, 3.8) is 0 Å². The van der Waals surface area contributed by atoms with Crippen molar-refractivity contribution in [3.8, 4) is 0 Å². The first-order chi connectivity index (χ1) is 13.5. The molecule has 0 bridgehead atoms. The largest absolute Gasteiger partial charge is 0.414 e. The minimum atomic E-state index is -1.83. The van der Waals surface area contributed by atoms with Gasteiger partial charge in [0, 0.05) is 18.4 Å². The van der Waals surface area contributed by atoms with E-state index in [4.69, 9.17) is 4.43 Å². The Morgan fingerprint density at radius 3 is 2.45 bits per heavy atom. The van der Waals surface area contributed by atoms with Crippen LogP contribution in [0.3, 0.4) is 0 Å². The molecule has 162 valence electrons. The number of benzene rings is 1. The highest BCUT2D eigenvalue weighted by atomic mass is 28.4. The summed E-state index contributed by atoms with van der Waals surface area (Å²) in [5, 5.41) is 0.208. The van der Waals surface area contributed by atoms with E-state index in [1.165, 1.54) is 5.56 Å². The van der Waals surface area contributed by atoms with Gasteiger partial charge in [-0.2, -0.15) is 0 Å². The fourth-order valence-electron chi connectivity index (χ4n) is 4.43. The van der Waals surface area contributed by atoms with Crippen LogP contribution in [0.25, 0.3) is 0 Å². The average Bonchev–Trinajstić information content (AvgIpc) is 2.90. The number of rotatable bonds is 10. The predicted octanol–water partition coefficient (Wildman–Crippen LogP) is 7.21. The molecule has 1 aromatic carbocycles. The van der Waals surface area contributed by atoms with Gasteiger partial charge in [0.1, 0.15) is 5.78 Å². The summed E-state index contributed by atoms with van der Waals surface area (Å²) in [5.74, 6) is 1.57. The minimum absolute atomic E-state index is 0.171. The second-order valence-corrected chi connectivity index (χ2v) is 15.3. The second kappa shape index (κ2) is 10.2. The number of hydrogen-bond donors (Lipinski definition) is 0. The Morgan fingerprint density at radius 2 is 1.86 bits per heavy atom. The van der Waals surface area contributed by atoms with Crippen molar-refractivity contribution in [1.29, 1.82) is 0 Å². The van der Waals surface area contributed by atoms with Gasteiger partial charge in [0.15, 0.2) is 8.32 Å². The van der Waals surface area contributed by atoms with Crippen LogP contribution in [0, 0.1) is 17.8 Å². The Labute approximate surface area is 180 Å². The molecule has 1 saturated carbocycles. The number of Topliss-reactive ketones (excluding diaryl/α,β-unsaturated/α-hetero) is 1. The summed E-state index contributed by atoms with van der Waals surface area (Å²) in [6.07, 6.45) is 7.99. The van der Waals surface area contributed by atoms with Gasteiger partial charge in [0.2, 0.25) is 0 Å². The molecule has 1 fully saturated rings. The predicted molar refractivity (Wildman–Crippen MR) is 127 cm³/mol. The maximum atomic E-state index is 12.4. The molecule has 0 N–H and O–H groups in total. The summed E-state index contributed by atoms with van der Waals surface area (Å²) in [7, 11) is -1.83. The smallest absolute Gasteiger partial charge is 0.192 e. The van der Waals surface area contributed by atoms with E-state index in [2.05, 4.69) is 77.7 Å². The Kier molecular flexibility index (Phi) is 8.48. The number of hydrogen-bond acceptors (Lipinski definition) is 2. The van der Waals surface area contributed by atoms with Crippen LogP contribution in [-0.2, 0) is 15.6 Å². The van der Waals surface area contributed by atoms with Gasteiger partial charge in [-0.3, -0.25) is 4.79 Å². The first-order valence-corrected chi connectivity index (χ1v) is 14.3. The first kappa shape index (κ1) is 24.1. The number of carbonyl (C=O) groups excluding carboxylic acids is 1. The van der Waals surface area contributed by atoms with Gasteiger partial charge < -0.3 is 4.43 Å². The highest BCUT2D eigenvalue weighted by Crippen LogP contribution is 2.42. The summed E-state index contributed by atoms with van der Waals surface area (Å²) in [5.41, 5.74) is 1.38. The molecule has 0 heterocycles. The van der Waals surface area contributed by atoms with E-state index < -0.39 is 8.32 Å². The molecule has 1 aliphatic rings. The van der Waals surface area contributed by atoms with Crippen molar-refractivity contribution in [3.05, 3.63) is 48.6 Å². The van der Waals surface area contributed by atoms with E-state index in [1.54, 1.807) is 0 Å². The third-order valence-electron chi connectivity index (χ3n) is 7.29. The molecule has 0 saturated heterocycles. The highest BCUT2D eigenvalue weighted by Gasteiger charge is 2.41. The molecule has 3 heteroatoms. The zero-order chi connectivity index (χ0) is 21.7. The van der Waals surface area contributed by atoms with E-state index in [-0.39, 0.29) is 17.1 Å². The van der Waals surface area contributed by atoms with Crippen LogP contribution < -0.4 is 0 Å². The lowest BCUT2D eigenvalue weighted by Gasteiger charge is -2.40. The molecule has 4 atom stereocenters. The molecule has 1 aliphatic carbocycles. The lowest BCUT2D eigenvalue weighted by molar-refractivity contribution is -0.121. The Morgan fingerprint density at radius 1 is 1.21 bits per heavy atom. The summed E-state index contributed by atoms with van der Waals surface area (Å²) >= 11 is 0. The quantitative estimate of drug-likeness (QED) is 0.299. The number of allylic oxidation sites excluding steroid dienone is 1. The molecular weight excluding hydrogens is 372 g/mol. The maximum absolute atomic E-state index is 12.4. The van der Waals surface area contributed by atoms with Gasteiger partial charge in [-0.1, -0.05) is 64.1 Å². The van der Waals surface area contributed by atoms with Crippen LogP contribution in [0.4, 0.5) is 0 Å². The normalized spacial score (nSPS) is 23.9. The zero-order valence-electron chi connectivity index (χ0n) is 19.5. The fraction of sp³-hybridized carbons (Fsp3) is 0.654. The van der Waals surface area contributed by atoms with Crippen molar-refractivity contribution < 1.29 is 9.22 Å². The van der Waals surface area contributed by atoms with E-state index in [0.29, 0.717) is 17.6 Å². The summed E-state index contributed by atoms with van der Waals surface area (Å²) in [6, 6.07) is 10.7. The summed E-state index contributed by atoms with van der Waals surface area (Å²) < 4.78 is 6.88. The highest BCUT2D eigenvalue weighted by molar-refractivity contribution is 6.74. The van der Waals surface area contributed by atoms with Gasteiger partial charge in [-0.05, 0) is 67.6 Å². The number of ketones is 1. The molecule has 0 spiro atoms. The molecule has 0 amide bonds. The molecule has 2 rings (SSSR count). The molecule has 2 nitrogen and oxygen atoms in total. The monoisotopic (exact) mass is 414 g/mol. The first-order valence-electron chi connectivity index (χ1n) is 11.4. The van der Waals surface area contributed by atoms with Crippen molar-refractivity contribution in [1.82, 2.24) is 0 Å². The topological polar surface area (TPSA) is 26.3 Å². The van der Waals surface area contributed by atoms with Crippen LogP contribution in [-0.4, -0.2) is 20.2 Å². The lowest BCUT2D eigenvalue weighted by atomic mass is 9.83. The fourth-order valence-corrected chi connectivity index (χ4v) is 5.86. The Bertz CT molecular complexity index is 659. The molecule has 0 unspecified atom stereocenters.